The monoisotopic (exact) mass is 501 g/mol. The van der Waals surface area contributed by atoms with Crippen molar-refractivity contribution < 1.29 is 19.1 Å². The summed E-state index contributed by atoms with van der Waals surface area (Å²) in [7, 11) is 1.61. The summed E-state index contributed by atoms with van der Waals surface area (Å²) in [6.07, 6.45) is 1.53. The van der Waals surface area contributed by atoms with E-state index in [2.05, 4.69) is 5.32 Å². The molecule has 0 saturated carbocycles. The molecule has 0 radical (unpaired) electrons. The average molecular weight is 502 g/mol. The Hall–Kier alpha value is -3.87. The van der Waals surface area contributed by atoms with Crippen molar-refractivity contribution in [2.45, 2.75) is 58.7 Å². The first-order valence-corrected chi connectivity index (χ1v) is 12.9. The van der Waals surface area contributed by atoms with Crippen LogP contribution in [-0.2, 0) is 16.1 Å². The van der Waals surface area contributed by atoms with Gasteiger partial charge in [-0.1, -0.05) is 43.3 Å². The number of rotatable bonds is 11. The van der Waals surface area contributed by atoms with E-state index in [1.54, 1.807) is 23.8 Å². The third kappa shape index (κ3) is 5.61. The zero-order chi connectivity index (χ0) is 26.5. The number of nitrogens with zero attached hydrogens (tertiary/aromatic N) is 2. The number of nitrogens with one attached hydrogen (secondary N) is 1. The van der Waals surface area contributed by atoms with Gasteiger partial charge in [-0.25, -0.2) is 0 Å². The third-order valence-corrected chi connectivity index (χ3v) is 7.10. The van der Waals surface area contributed by atoms with Crippen LogP contribution in [0.2, 0.25) is 0 Å². The number of carbonyl (C=O) groups excluding carboxylic acids is 3. The molecule has 1 aliphatic heterocycles. The topological polar surface area (TPSA) is 79.0 Å². The number of methoxy groups -OCH3 is 1. The van der Waals surface area contributed by atoms with E-state index in [0.717, 1.165) is 34.2 Å². The van der Waals surface area contributed by atoms with Gasteiger partial charge in [-0.3, -0.25) is 14.4 Å². The predicted octanol–water partition coefficient (Wildman–Crippen LogP) is 4.92. The fourth-order valence-electron chi connectivity index (χ4n) is 4.71. The lowest BCUT2D eigenvalue weighted by Gasteiger charge is -2.30. The van der Waals surface area contributed by atoms with E-state index in [0.29, 0.717) is 25.1 Å². The van der Waals surface area contributed by atoms with Crippen molar-refractivity contribution in [1.29, 1.82) is 0 Å². The first-order chi connectivity index (χ1) is 17.8. The van der Waals surface area contributed by atoms with Gasteiger partial charge in [0.15, 0.2) is 0 Å². The summed E-state index contributed by atoms with van der Waals surface area (Å²) in [6.45, 7) is 6.47. The fraction of sp³-hybridized carbons (Fsp3) is 0.367. The number of anilines is 1. The molecule has 0 fully saturated rings. The minimum absolute atomic E-state index is 0.0263. The molecule has 1 aliphatic rings. The van der Waals surface area contributed by atoms with E-state index in [-0.39, 0.29) is 30.2 Å². The van der Waals surface area contributed by atoms with E-state index < -0.39 is 6.04 Å². The van der Waals surface area contributed by atoms with Gasteiger partial charge in [-0.15, -0.1) is 0 Å². The molecule has 2 atom stereocenters. The van der Waals surface area contributed by atoms with Crippen molar-refractivity contribution in [3.8, 4) is 5.75 Å². The minimum atomic E-state index is -0.630. The van der Waals surface area contributed by atoms with E-state index in [1.165, 1.54) is 0 Å². The van der Waals surface area contributed by atoms with Gasteiger partial charge < -0.3 is 19.9 Å². The first kappa shape index (κ1) is 26.2. The maximum Gasteiger partial charge on any atom is 0.258 e. The van der Waals surface area contributed by atoms with E-state index in [4.69, 9.17) is 4.74 Å². The zero-order valence-electron chi connectivity index (χ0n) is 22.0. The van der Waals surface area contributed by atoms with Gasteiger partial charge >= 0.3 is 0 Å². The molecule has 3 aromatic rings. The summed E-state index contributed by atoms with van der Waals surface area (Å²) >= 11 is 0. The number of benzene rings is 3. The highest BCUT2D eigenvalue weighted by atomic mass is 16.5. The molecule has 7 heteroatoms. The molecule has 0 aliphatic carbocycles. The van der Waals surface area contributed by atoms with Gasteiger partial charge in [-0.2, -0.15) is 0 Å². The van der Waals surface area contributed by atoms with Gasteiger partial charge in [0.2, 0.25) is 11.8 Å². The molecule has 3 aromatic carbocycles. The van der Waals surface area contributed by atoms with E-state index in [1.807, 2.05) is 74.5 Å². The number of carbonyl (C=O) groups is 3. The molecule has 0 bridgehead atoms. The van der Waals surface area contributed by atoms with Crippen molar-refractivity contribution >= 4 is 34.2 Å². The zero-order valence-corrected chi connectivity index (χ0v) is 22.0. The Balaban J connectivity index is 1.46. The highest BCUT2D eigenvalue weighted by Crippen LogP contribution is 2.37. The van der Waals surface area contributed by atoms with Crippen LogP contribution in [0.5, 0.6) is 5.75 Å². The molecular weight excluding hydrogens is 466 g/mol. The van der Waals surface area contributed by atoms with Crippen LogP contribution in [-0.4, -0.2) is 48.4 Å². The summed E-state index contributed by atoms with van der Waals surface area (Å²) in [5.41, 5.74) is 2.51. The van der Waals surface area contributed by atoms with Crippen molar-refractivity contribution in [1.82, 2.24) is 10.2 Å². The average Bonchev–Trinajstić information content (AvgIpc) is 3.19. The molecule has 0 spiro atoms. The second-order valence-corrected chi connectivity index (χ2v) is 9.60. The smallest absolute Gasteiger partial charge is 0.258 e. The summed E-state index contributed by atoms with van der Waals surface area (Å²) in [5.74, 6) is 0.407. The normalized spacial score (nSPS) is 13.9. The van der Waals surface area contributed by atoms with Gasteiger partial charge in [-0.05, 0) is 61.9 Å². The Labute approximate surface area is 218 Å². The van der Waals surface area contributed by atoms with E-state index >= 15 is 0 Å². The van der Waals surface area contributed by atoms with E-state index in [9.17, 15) is 14.4 Å². The van der Waals surface area contributed by atoms with Crippen LogP contribution in [0.25, 0.3) is 10.8 Å². The van der Waals surface area contributed by atoms with Crippen LogP contribution in [0.3, 0.4) is 0 Å². The number of amides is 3. The molecule has 7 nitrogen and oxygen atoms in total. The Morgan fingerprint density at radius 2 is 1.73 bits per heavy atom. The maximum absolute atomic E-state index is 13.5. The van der Waals surface area contributed by atoms with Crippen molar-refractivity contribution in [2.75, 3.05) is 18.6 Å². The molecule has 1 heterocycles. The summed E-state index contributed by atoms with van der Waals surface area (Å²) in [6, 6.07) is 18.6. The highest BCUT2D eigenvalue weighted by Gasteiger charge is 2.30. The molecular formula is C30H35N3O4. The van der Waals surface area contributed by atoms with Crippen molar-refractivity contribution in [3.63, 3.8) is 0 Å². The largest absolute Gasteiger partial charge is 0.497 e. The summed E-state index contributed by atoms with van der Waals surface area (Å²) < 4.78 is 5.24. The molecule has 37 heavy (non-hydrogen) atoms. The quantitative estimate of drug-likeness (QED) is 0.405. The second-order valence-electron chi connectivity index (χ2n) is 9.60. The molecule has 0 aromatic heterocycles. The van der Waals surface area contributed by atoms with Crippen LogP contribution in [0, 0.1) is 0 Å². The molecule has 0 unspecified atom stereocenters. The fourth-order valence-corrected chi connectivity index (χ4v) is 4.71. The lowest BCUT2D eigenvalue weighted by atomic mass is 10.1. The number of hydrogen-bond acceptors (Lipinski definition) is 4. The molecule has 0 saturated heterocycles. The molecule has 3 amide bonds. The van der Waals surface area contributed by atoms with Crippen LogP contribution in [0.1, 0.15) is 56.0 Å². The number of hydrogen-bond donors (Lipinski definition) is 1. The van der Waals surface area contributed by atoms with Crippen LogP contribution in [0.15, 0.2) is 60.7 Å². The van der Waals surface area contributed by atoms with Crippen molar-refractivity contribution in [3.05, 3.63) is 71.8 Å². The van der Waals surface area contributed by atoms with Gasteiger partial charge in [0.05, 0.1) is 12.8 Å². The third-order valence-electron chi connectivity index (χ3n) is 7.10. The van der Waals surface area contributed by atoms with Crippen LogP contribution >= 0.6 is 0 Å². The van der Waals surface area contributed by atoms with Crippen molar-refractivity contribution in [2.24, 2.45) is 0 Å². The Bertz CT molecular complexity index is 1280. The minimum Gasteiger partial charge on any atom is -0.497 e. The van der Waals surface area contributed by atoms with Crippen LogP contribution < -0.4 is 15.0 Å². The first-order valence-electron chi connectivity index (χ1n) is 12.9. The lowest BCUT2D eigenvalue weighted by Crippen LogP contribution is -2.49. The lowest BCUT2D eigenvalue weighted by molar-refractivity contribution is -0.140. The standard InChI is InChI=1S/C30H35N3O4/c1-5-20(2)31-29(35)21(3)33(19-22-14-16-24(37-4)17-15-22)27(34)13-8-18-32-26-12-7-10-23-9-6-11-25(28(23)26)30(32)36/h6-7,9-12,14-17,20-21H,5,8,13,18-19H2,1-4H3,(H,31,35)/t20-,21-/m0/s1. The summed E-state index contributed by atoms with van der Waals surface area (Å²) in [5, 5.41) is 5.00. The maximum atomic E-state index is 13.5. The van der Waals surface area contributed by atoms with Gasteiger partial charge in [0.1, 0.15) is 11.8 Å². The van der Waals surface area contributed by atoms with Crippen LogP contribution in [0.4, 0.5) is 5.69 Å². The Kier molecular flexibility index (Phi) is 8.11. The molecule has 4 rings (SSSR count). The molecule has 194 valence electrons. The Morgan fingerprint density at radius 1 is 1.03 bits per heavy atom. The number of ether oxygens (including phenoxy) is 1. The highest BCUT2D eigenvalue weighted by molar-refractivity contribution is 6.25. The summed E-state index contributed by atoms with van der Waals surface area (Å²) in [4.78, 5) is 42.8. The Morgan fingerprint density at radius 3 is 2.41 bits per heavy atom. The van der Waals surface area contributed by atoms with Gasteiger partial charge in [0.25, 0.3) is 5.91 Å². The SMILES string of the molecule is CC[C@H](C)NC(=O)[C@H](C)N(Cc1ccc(OC)cc1)C(=O)CCCN1C(=O)c2cccc3cccc1c23. The van der Waals surface area contributed by atoms with Gasteiger partial charge in [0, 0.05) is 36.5 Å². The second kappa shape index (κ2) is 11.5. The molecule has 1 N–H and O–H groups in total. The predicted molar refractivity (Wildman–Crippen MR) is 146 cm³/mol.